The van der Waals surface area contributed by atoms with E-state index in [4.69, 9.17) is 0 Å². The number of benzene rings is 2. The number of hydrogen-bond donors (Lipinski definition) is 1. The van der Waals surface area contributed by atoms with Gasteiger partial charge in [-0.3, -0.25) is 4.79 Å². The SMILES string of the molecule is Cc1cccc(N(C)/C=C(\C#N)C(=O)Nc2ccccc2)c1. The quantitative estimate of drug-likeness (QED) is 0.693. The van der Waals surface area contributed by atoms with Gasteiger partial charge < -0.3 is 10.2 Å². The van der Waals surface area contributed by atoms with Crippen LogP contribution in [-0.2, 0) is 4.79 Å². The minimum atomic E-state index is -0.423. The van der Waals surface area contributed by atoms with E-state index in [1.807, 2.05) is 62.5 Å². The average molecular weight is 291 g/mol. The molecule has 4 heteroatoms. The number of carbonyl (C=O) groups excluding carboxylic acids is 1. The molecule has 22 heavy (non-hydrogen) atoms. The number of hydrogen-bond acceptors (Lipinski definition) is 3. The Kier molecular flexibility index (Phi) is 4.94. The fourth-order valence-electron chi connectivity index (χ4n) is 1.97. The number of anilines is 2. The van der Waals surface area contributed by atoms with Crippen LogP contribution in [0.3, 0.4) is 0 Å². The Morgan fingerprint density at radius 1 is 1.18 bits per heavy atom. The number of para-hydroxylation sites is 1. The topological polar surface area (TPSA) is 56.1 Å². The molecule has 0 aliphatic carbocycles. The number of nitriles is 1. The lowest BCUT2D eigenvalue weighted by molar-refractivity contribution is -0.112. The summed E-state index contributed by atoms with van der Waals surface area (Å²) in [5.74, 6) is -0.423. The van der Waals surface area contributed by atoms with Crippen LogP contribution in [0.15, 0.2) is 66.4 Å². The number of carbonyl (C=O) groups is 1. The predicted octanol–water partition coefficient (Wildman–Crippen LogP) is 3.48. The van der Waals surface area contributed by atoms with E-state index in [2.05, 4.69) is 5.32 Å². The summed E-state index contributed by atoms with van der Waals surface area (Å²) in [6, 6.07) is 18.8. The first-order chi connectivity index (χ1) is 10.6. The molecule has 0 bridgehead atoms. The van der Waals surface area contributed by atoms with Crippen LogP contribution in [0, 0.1) is 18.3 Å². The summed E-state index contributed by atoms with van der Waals surface area (Å²) in [5.41, 5.74) is 2.74. The predicted molar refractivity (Wildman–Crippen MR) is 88.3 cm³/mol. The van der Waals surface area contributed by atoms with E-state index >= 15 is 0 Å². The largest absolute Gasteiger partial charge is 0.350 e. The summed E-state index contributed by atoms with van der Waals surface area (Å²) in [6.45, 7) is 1.99. The van der Waals surface area contributed by atoms with Crippen LogP contribution in [0.4, 0.5) is 11.4 Å². The van der Waals surface area contributed by atoms with Crippen molar-refractivity contribution < 1.29 is 4.79 Å². The highest BCUT2D eigenvalue weighted by Gasteiger charge is 2.10. The summed E-state index contributed by atoms with van der Waals surface area (Å²) in [4.78, 5) is 13.9. The summed E-state index contributed by atoms with van der Waals surface area (Å²) in [7, 11) is 1.81. The molecule has 0 aromatic heterocycles. The van der Waals surface area contributed by atoms with Crippen LogP contribution in [0.1, 0.15) is 5.56 Å². The van der Waals surface area contributed by atoms with Crippen LogP contribution in [0.2, 0.25) is 0 Å². The maximum Gasteiger partial charge on any atom is 0.267 e. The number of aryl methyl sites for hydroxylation is 1. The third kappa shape index (κ3) is 3.97. The average Bonchev–Trinajstić information content (AvgIpc) is 2.53. The van der Waals surface area contributed by atoms with Crippen molar-refractivity contribution in [1.82, 2.24) is 0 Å². The molecule has 0 heterocycles. The van der Waals surface area contributed by atoms with E-state index in [0.717, 1.165) is 11.3 Å². The Bertz CT molecular complexity index is 729. The summed E-state index contributed by atoms with van der Waals surface area (Å²) in [6.07, 6.45) is 1.53. The Labute approximate surface area is 130 Å². The second-order valence-corrected chi connectivity index (χ2v) is 4.92. The van der Waals surface area contributed by atoms with Crippen molar-refractivity contribution in [3.8, 4) is 6.07 Å². The third-order valence-electron chi connectivity index (χ3n) is 3.13. The zero-order valence-electron chi connectivity index (χ0n) is 12.6. The van der Waals surface area contributed by atoms with Gasteiger partial charge >= 0.3 is 0 Å². The van der Waals surface area contributed by atoms with Gasteiger partial charge in [-0.2, -0.15) is 5.26 Å². The Morgan fingerprint density at radius 2 is 1.91 bits per heavy atom. The Hall–Kier alpha value is -3.06. The lowest BCUT2D eigenvalue weighted by Crippen LogP contribution is -2.17. The fraction of sp³-hybridized carbons (Fsp3) is 0.111. The monoisotopic (exact) mass is 291 g/mol. The number of rotatable bonds is 4. The first-order valence-corrected chi connectivity index (χ1v) is 6.88. The minimum Gasteiger partial charge on any atom is -0.350 e. The van der Waals surface area contributed by atoms with Crippen LogP contribution < -0.4 is 10.2 Å². The molecule has 1 amide bonds. The Morgan fingerprint density at radius 3 is 2.55 bits per heavy atom. The van der Waals surface area contributed by atoms with Crippen molar-refractivity contribution >= 4 is 17.3 Å². The molecule has 0 radical (unpaired) electrons. The van der Waals surface area contributed by atoms with Gasteiger partial charge in [0.25, 0.3) is 5.91 Å². The zero-order valence-corrected chi connectivity index (χ0v) is 12.6. The summed E-state index contributed by atoms with van der Waals surface area (Å²) < 4.78 is 0. The first kappa shape index (κ1) is 15.3. The van der Waals surface area contributed by atoms with Crippen LogP contribution >= 0.6 is 0 Å². The number of nitrogens with zero attached hydrogens (tertiary/aromatic N) is 2. The van der Waals surface area contributed by atoms with Gasteiger partial charge in [0.1, 0.15) is 11.6 Å². The lowest BCUT2D eigenvalue weighted by Gasteiger charge is -2.15. The van der Waals surface area contributed by atoms with Gasteiger partial charge in [0.2, 0.25) is 0 Å². The van der Waals surface area contributed by atoms with E-state index in [-0.39, 0.29) is 5.57 Å². The van der Waals surface area contributed by atoms with Crippen molar-refractivity contribution in [2.75, 3.05) is 17.3 Å². The molecule has 0 aliphatic heterocycles. The molecule has 0 spiro atoms. The summed E-state index contributed by atoms with van der Waals surface area (Å²) in [5, 5.41) is 11.9. The zero-order chi connectivity index (χ0) is 15.9. The van der Waals surface area contributed by atoms with Crippen molar-refractivity contribution in [1.29, 1.82) is 5.26 Å². The number of amides is 1. The molecule has 0 unspecified atom stereocenters. The molecule has 2 rings (SSSR count). The number of nitrogens with one attached hydrogen (secondary N) is 1. The van der Waals surface area contributed by atoms with Gasteiger partial charge in [0.05, 0.1) is 0 Å². The molecule has 0 fully saturated rings. The molecule has 0 saturated heterocycles. The van der Waals surface area contributed by atoms with Crippen LogP contribution in [-0.4, -0.2) is 13.0 Å². The third-order valence-corrected chi connectivity index (χ3v) is 3.13. The minimum absolute atomic E-state index is 0.0489. The van der Waals surface area contributed by atoms with E-state index in [1.54, 1.807) is 17.0 Å². The molecule has 2 aromatic carbocycles. The van der Waals surface area contributed by atoms with E-state index in [1.165, 1.54) is 6.20 Å². The van der Waals surface area contributed by atoms with E-state index in [9.17, 15) is 10.1 Å². The second-order valence-electron chi connectivity index (χ2n) is 4.92. The lowest BCUT2D eigenvalue weighted by atomic mass is 10.2. The molecular formula is C18H17N3O. The maximum absolute atomic E-state index is 12.1. The van der Waals surface area contributed by atoms with Gasteiger partial charge in [0, 0.05) is 24.6 Å². The molecule has 2 aromatic rings. The first-order valence-electron chi connectivity index (χ1n) is 6.88. The van der Waals surface area contributed by atoms with Gasteiger partial charge in [0.15, 0.2) is 0 Å². The highest BCUT2D eigenvalue weighted by atomic mass is 16.1. The Balaban J connectivity index is 2.16. The molecule has 0 aliphatic rings. The highest BCUT2D eigenvalue weighted by molar-refractivity contribution is 6.06. The van der Waals surface area contributed by atoms with Crippen molar-refractivity contribution in [2.24, 2.45) is 0 Å². The normalized spacial score (nSPS) is 10.7. The van der Waals surface area contributed by atoms with E-state index < -0.39 is 5.91 Å². The van der Waals surface area contributed by atoms with Gasteiger partial charge in [-0.1, -0.05) is 30.3 Å². The van der Waals surface area contributed by atoms with Gasteiger partial charge in [-0.15, -0.1) is 0 Å². The molecule has 110 valence electrons. The van der Waals surface area contributed by atoms with Gasteiger partial charge in [-0.25, -0.2) is 0 Å². The van der Waals surface area contributed by atoms with Crippen molar-refractivity contribution in [2.45, 2.75) is 6.92 Å². The molecule has 0 saturated carbocycles. The van der Waals surface area contributed by atoms with Crippen LogP contribution in [0.25, 0.3) is 0 Å². The van der Waals surface area contributed by atoms with Crippen molar-refractivity contribution in [3.63, 3.8) is 0 Å². The molecule has 0 atom stereocenters. The maximum atomic E-state index is 12.1. The van der Waals surface area contributed by atoms with Crippen molar-refractivity contribution in [3.05, 3.63) is 71.9 Å². The highest BCUT2D eigenvalue weighted by Crippen LogP contribution is 2.16. The standard InChI is InChI=1S/C18H17N3O/c1-14-7-6-10-17(11-14)21(2)13-15(12-19)18(22)20-16-8-4-3-5-9-16/h3-11,13H,1-2H3,(H,20,22)/b15-13+. The van der Waals surface area contributed by atoms with E-state index in [0.29, 0.717) is 5.69 Å². The van der Waals surface area contributed by atoms with Gasteiger partial charge in [-0.05, 0) is 36.8 Å². The summed E-state index contributed by atoms with van der Waals surface area (Å²) >= 11 is 0. The van der Waals surface area contributed by atoms with Crippen LogP contribution in [0.5, 0.6) is 0 Å². The second kappa shape index (κ2) is 7.09. The molecule has 1 N–H and O–H groups in total. The fourth-order valence-corrected chi connectivity index (χ4v) is 1.97. The smallest absolute Gasteiger partial charge is 0.267 e. The molecular weight excluding hydrogens is 274 g/mol. The molecule has 4 nitrogen and oxygen atoms in total.